The summed E-state index contributed by atoms with van der Waals surface area (Å²) in [6, 6.07) is 4.49. The van der Waals surface area contributed by atoms with Crippen molar-refractivity contribution in [2.75, 3.05) is 13.2 Å². The molecular weight excluding hydrogens is 301 g/mol. The van der Waals surface area contributed by atoms with E-state index in [0.717, 1.165) is 0 Å². The molecule has 0 unspecified atom stereocenters. The molecule has 1 aromatic rings. The number of amides is 1. The van der Waals surface area contributed by atoms with Gasteiger partial charge in [0.1, 0.15) is 6.54 Å². The Kier molecular flexibility index (Phi) is 6.30. The van der Waals surface area contributed by atoms with Gasteiger partial charge in [-0.2, -0.15) is 0 Å². The van der Waals surface area contributed by atoms with Crippen LogP contribution in [-0.4, -0.2) is 36.0 Å². The van der Waals surface area contributed by atoms with Crippen LogP contribution >= 0.6 is 23.2 Å². The Hall–Kier alpha value is -1.26. The Morgan fingerprint density at radius 2 is 1.90 bits per heavy atom. The SMILES string of the molecule is CCOC(=O)CN(C(=O)c1ccc(Cl)c(Cl)c1)C(C)C. The van der Waals surface area contributed by atoms with Crippen LogP contribution in [0.15, 0.2) is 18.2 Å². The highest BCUT2D eigenvalue weighted by Gasteiger charge is 2.22. The fraction of sp³-hybridized carbons (Fsp3) is 0.429. The van der Waals surface area contributed by atoms with Gasteiger partial charge in [0.2, 0.25) is 0 Å². The minimum absolute atomic E-state index is 0.0927. The molecule has 6 heteroatoms. The summed E-state index contributed by atoms with van der Waals surface area (Å²) in [7, 11) is 0. The van der Waals surface area contributed by atoms with Crippen LogP contribution in [0.25, 0.3) is 0 Å². The average Bonchev–Trinajstić information content (AvgIpc) is 2.38. The zero-order valence-corrected chi connectivity index (χ0v) is 13.2. The molecule has 0 heterocycles. The lowest BCUT2D eigenvalue weighted by Crippen LogP contribution is -2.41. The van der Waals surface area contributed by atoms with E-state index in [2.05, 4.69) is 0 Å². The minimum Gasteiger partial charge on any atom is -0.465 e. The fourth-order valence-electron chi connectivity index (χ4n) is 1.63. The number of benzene rings is 1. The van der Waals surface area contributed by atoms with Crippen LogP contribution in [0.1, 0.15) is 31.1 Å². The molecule has 0 fully saturated rings. The number of nitrogens with zero attached hydrogens (tertiary/aromatic N) is 1. The summed E-state index contributed by atoms with van der Waals surface area (Å²) in [4.78, 5) is 25.4. The second kappa shape index (κ2) is 7.50. The highest BCUT2D eigenvalue weighted by molar-refractivity contribution is 6.42. The molecule has 0 saturated carbocycles. The maximum absolute atomic E-state index is 12.4. The van der Waals surface area contributed by atoms with Gasteiger partial charge in [0, 0.05) is 11.6 Å². The van der Waals surface area contributed by atoms with Crippen molar-refractivity contribution < 1.29 is 14.3 Å². The zero-order valence-electron chi connectivity index (χ0n) is 11.7. The third-order valence-electron chi connectivity index (χ3n) is 2.66. The van der Waals surface area contributed by atoms with Gasteiger partial charge in [-0.05, 0) is 39.0 Å². The lowest BCUT2D eigenvalue weighted by atomic mass is 10.1. The van der Waals surface area contributed by atoms with E-state index in [9.17, 15) is 9.59 Å². The molecule has 1 aromatic carbocycles. The normalized spacial score (nSPS) is 10.5. The molecular formula is C14H17Cl2NO3. The van der Waals surface area contributed by atoms with E-state index in [0.29, 0.717) is 15.6 Å². The van der Waals surface area contributed by atoms with Crippen molar-refractivity contribution in [2.45, 2.75) is 26.8 Å². The molecule has 4 nitrogen and oxygen atoms in total. The highest BCUT2D eigenvalue weighted by Crippen LogP contribution is 2.23. The Morgan fingerprint density at radius 1 is 1.25 bits per heavy atom. The number of hydrogen-bond acceptors (Lipinski definition) is 3. The highest BCUT2D eigenvalue weighted by atomic mass is 35.5. The van der Waals surface area contributed by atoms with Gasteiger partial charge in [-0.25, -0.2) is 0 Å². The standard InChI is InChI=1S/C14H17Cl2NO3/c1-4-20-13(18)8-17(9(2)3)14(19)10-5-6-11(15)12(16)7-10/h5-7,9H,4,8H2,1-3H3. The molecule has 0 spiro atoms. The van der Waals surface area contributed by atoms with E-state index in [1.54, 1.807) is 19.1 Å². The Labute approximate surface area is 128 Å². The Morgan fingerprint density at radius 3 is 2.40 bits per heavy atom. The van der Waals surface area contributed by atoms with Crippen molar-refractivity contribution in [1.82, 2.24) is 4.90 Å². The summed E-state index contributed by atoms with van der Waals surface area (Å²) in [5.41, 5.74) is 0.386. The van der Waals surface area contributed by atoms with E-state index < -0.39 is 5.97 Å². The summed E-state index contributed by atoms with van der Waals surface area (Å²) >= 11 is 11.7. The van der Waals surface area contributed by atoms with Crippen LogP contribution in [0.3, 0.4) is 0 Å². The Balaban J connectivity index is 2.93. The van der Waals surface area contributed by atoms with Crippen molar-refractivity contribution in [3.8, 4) is 0 Å². The summed E-state index contributed by atoms with van der Waals surface area (Å²) < 4.78 is 4.87. The number of esters is 1. The first-order valence-electron chi connectivity index (χ1n) is 6.28. The van der Waals surface area contributed by atoms with Gasteiger partial charge in [0.05, 0.1) is 16.7 Å². The number of halogens is 2. The third kappa shape index (κ3) is 4.39. The number of carbonyl (C=O) groups is 2. The van der Waals surface area contributed by atoms with Gasteiger partial charge in [0.15, 0.2) is 0 Å². The average molecular weight is 318 g/mol. The topological polar surface area (TPSA) is 46.6 Å². The van der Waals surface area contributed by atoms with Gasteiger partial charge in [-0.1, -0.05) is 23.2 Å². The van der Waals surface area contributed by atoms with Crippen LogP contribution in [0, 0.1) is 0 Å². The molecule has 0 bridgehead atoms. The molecule has 0 radical (unpaired) electrons. The smallest absolute Gasteiger partial charge is 0.325 e. The third-order valence-corrected chi connectivity index (χ3v) is 3.39. The monoisotopic (exact) mass is 317 g/mol. The minimum atomic E-state index is -0.436. The lowest BCUT2D eigenvalue weighted by molar-refractivity contribution is -0.144. The Bertz CT molecular complexity index is 503. The quantitative estimate of drug-likeness (QED) is 0.782. The van der Waals surface area contributed by atoms with E-state index in [-0.39, 0.29) is 25.1 Å². The van der Waals surface area contributed by atoms with Gasteiger partial charge < -0.3 is 9.64 Å². The zero-order chi connectivity index (χ0) is 15.3. The van der Waals surface area contributed by atoms with Crippen LogP contribution in [0.5, 0.6) is 0 Å². The molecule has 0 aliphatic rings. The molecule has 1 rings (SSSR count). The second-order valence-corrected chi connectivity index (χ2v) is 5.28. The van der Waals surface area contributed by atoms with Crippen molar-refractivity contribution >= 4 is 35.1 Å². The van der Waals surface area contributed by atoms with Gasteiger partial charge >= 0.3 is 5.97 Å². The number of hydrogen-bond donors (Lipinski definition) is 0. The fourth-order valence-corrected chi connectivity index (χ4v) is 1.93. The lowest BCUT2D eigenvalue weighted by Gasteiger charge is -2.25. The van der Waals surface area contributed by atoms with Crippen LogP contribution in [-0.2, 0) is 9.53 Å². The summed E-state index contributed by atoms with van der Waals surface area (Å²) in [5, 5.41) is 0.682. The maximum Gasteiger partial charge on any atom is 0.325 e. The summed E-state index contributed by atoms with van der Waals surface area (Å²) in [6.45, 7) is 5.57. The van der Waals surface area contributed by atoms with Crippen LogP contribution in [0.2, 0.25) is 10.0 Å². The van der Waals surface area contributed by atoms with E-state index in [1.807, 2.05) is 13.8 Å². The molecule has 0 aliphatic heterocycles. The van der Waals surface area contributed by atoms with Crippen LogP contribution < -0.4 is 0 Å². The van der Waals surface area contributed by atoms with Gasteiger partial charge in [-0.3, -0.25) is 9.59 Å². The molecule has 0 aromatic heterocycles. The number of rotatable bonds is 5. The van der Waals surface area contributed by atoms with E-state index >= 15 is 0 Å². The predicted molar refractivity (Wildman–Crippen MR) is 79.3 cm³/mol. The van der Waals surface area contributed by atoms with E-state index in [1.165, 1.54) is 11.0 Å². The van der Waals surface area contributed by atoms with Crippen molar-refractivity contribution in [3.05, 3.63) is 33.8 Å². The maximum atomic E-state index is 12.4. The van der Waals surface area contributed by atoms with Crippen LogP contribution in [0.4, 0.5) is 0 Å². The molecule has 0 N–H and O–H groups in total. The first-order chi connectivity index (χ1) is 9.36. The molecule has 0 aliphatic carbocycles. The summed E-state index contributed by atoms with van der Waals surface area (Å²) in [5.74, 6) is -0.721. The molecule has 20 heavy (non-hydrogen) atoms. The number of carbonyl (C=O) groups excluding carboxylic acids is 2. The summed E-state index contributed by atoms with van der Waals surface area (Å²) in [6.07, 6.45) is 0. The predicted octanol–water partition coefficient (Wildman–Crippen LogP) is 3.41. The first kappa shape index (κ1) is 16.8. The second-order valence-electron chi connectivity index (χ2n) is 4.46. The van der Waals surface area contributed by atoms with Crippen molar-refractivity contribution in [3.63, 3.8) is 0 Å². The first-order valence-corrected chi connectivity index (χ1v) is 7.04. The van der Waals surface area contributed by atoms with Gasteiger partial charge in [-0.15, -0.1) is 0 Å². The van der Waals surface area contributed by atoms with Gasteiger partial charge in [0.25, 0.3) is 5.91 Å². The van der Waals surface area contributed by atoms with E-state index in [4.69, 9.17) is 27.9 Å². The molecule has 0 saturated heterocycles. The van der Waals surface area contributed by atoms with Crippen molar-refractivity contribution in [1.29, 1.82) is 0 Å². The van der Waals surface area contributed by atoms with Crippen molar-refractivity contribution in [2.24, 2.45) is 0 Å². The largest absolute Gasteiger partial charge is 0.465 e. The molecule has 0 atom stereocenters. The molecule has 110 valence electrons. The molecule has 1 amide bonds. The number of ether oxygens (including phenoxy) is 1.